The van der Waals surface area contributed by atoms with Gasteiger partial charge in [0.05, 0.1) is 12.7 Å². The molecule has 0 radical (unpaired) electrons. The molecule has 3 N–H and O–H groups in total. The van der Waals surface area contributed by atoms with Crippen molar-refractivity contribution < 1.29 is 9.53 Å². The van der Waals surface area contributed by atoms with Crippen molar-refractivity contribution in [1.29, 1.82) is 0 Å². The van der Waals surface area contributed by atoms with Crippen molar-refractivity contribution in [3.8, 4) is 0 Å². The molecule has 1 amide bonds. The summed E-state index contributed by atoms with van der Waals surface area (Å²) in [5.74, 6) is -0.215. The van der Waals surface area contributed by atoms with Crippen LogP contribution in [0.25, 0.3) is 0 Å². The molecule has 0 aromatic carbocycles. The maximum Gasteiger partial charge on any atom is 0.217 e. The van der Waals surface area contributed by atoms with E-state index in [2.05, 4.69) is 5.32 Å². The van der Waals surface area contributed by atoms with E-state index in [-0.39, 0.29) is 5.91 Å². The third kappa shape index (κ3) is 11.4. The summed E-state index contributed by atoms with van der Waals surface area (Å²) in [6, 6.07) is 0. The number of hydrogen-bond donors (Lipinski definition) is 2. The first-order valence-electron chi connectivity index (χ1n) is 5.23. The average molecular weight is 202 g/mol. The monoisotopic (exact) mass is 202 g/mol. The maximum atomic E-state index is 10.4. The number of carbonyl (C=O) groups excluding carboxylic acids is 1. The second-order valence-electron chi connectivity index (χ2n) is 3.59. The quantitative estimate of drug-likeness (QED) is 0.540. The summed E-state index contributed by atoms with van der Waals surface area (Å²) in [6.45, 7) is 6.58. The van der Waals surface area contributed by atoms with Crippen LogP contribution in [0.2, 0.25) is 0 Å². The molecule has 0 aliphatic rings. The highest BCUT2D eigenvalue weighted by Crippen LogP contribution is 1.92. The van der Waals surface area contributed by atoms with E-state index in [9.17, 15) is 4.79 Å². The smallest absolute Gasteiger partial charge is 0.217 e. The Morgan fingerprint density at radius 2 is 2.07 bits per heavy atom. The summed E-state index contributed by atoms with van der Waals surface area (Å²) >= 11 is 0. The number of rotatable bonds is 9. The molecule has 4 nitrogen and oxygen atoms in total. The number of nitrogens with two attached hydrogens (primary N) is 1. The van der Waals surface area contributed by atoms with E-state index < -0.39 is 0 Å². The molecule has 0 aliphatic carbocycles. The SMILES string of the molecule is CC(C)OCCNCCCCC(N)=O. The molecule has 0 aliphatic heterocycles. The van der Waals surface area contributed by atoms with E-state index in [1.165, 1.54) is 0 Å². The largest absolute Gasteiger partial charge is 0.377 e. The van der Waals surface area contributed by atoms with Crippen molar-refractivity contribution in [2.75, 3.05) is 19.7 Å². The standard InChI is InChI=1S/C10H22N2O2/c1-9(2)14-8-7-12-6-4-3-5-10(11)13/h9,12H,3-8H2,1-2H3,(H2,11,13). The third-order valence-corrected chi connectivity index (χ3v) is 1.76. The van der Waals surface area contributed by atoms with Crippen LogP contribution in [0.1, 0.15) is 33.1 Å². The number of hydrogen-bond acceptors (Lipinski definition) is 3. The Morgan fingerprint density at radius 3 is 2.64 bits per heavy atom. The summed E-state index contributed by atoms with van der Waals surface area (Å²) < 4.78 is 5.35. The molecule has 0 unspecified atom stereocenters. The molecule has 0 aromatic heterocycles. The second kappa shape index (κ2) is 8.97. The van der Waals surface area contributed by atoms with E-state index in [1.54, 1.807) is 0 Å². The summed E-state index contributed by atoms with van der Waals surface area (Å²) in [4.78, 5) is 10.4. The van der Waals surface area contributed by atoms with Gasteiger partial charge in [-0.25, -0.2) is 0 Å². The minimum Gasteiger partial charge on any atom is -0.377 e. The predicted molar refractivity (Wildman–Crippen MR) is 57.0 cm³/mol. The summed E-state index contributed by atoms with van der Waals surface area (Å²) in [5, 5.41) is 3.24. The number of primary amides is 1. The van der Waals surface area contributed by atoms with Crippen molar-refractivity contribution in [3.63, 3.8) is 0 Å². The van der Waals surface area contributed by atoms with Gasteiger partial charge in [-0.05, 0) is 33.2 Å². The van der Waals surface area contributed by atoms with E-state index in [1.807, 2.05) is 13.8 Å². The molecule has 0 rings (SSSR count). The number of carbonyl (C=O) groups is 1. The lowest BCUT2D eigenvalue weighted by molar-refractivity contribution is -0.118. The summed E-state index contributed by atoms with van der Waals surface area (Å²) in [6.07, 6.45) is 2.65. The minimum absolute atomic E-state index is 0.215. The van der Waals surface area contributed by atoms with Crippen LogP contribution in [-0.4, -0.2) is 31.7 Å². The first-order valence-corrected chi connectivity index (χ1v) is 5.23. The molecule has 0 bridgehead atoms. The topological polar surface area (TPSA) is 64.3 Å². The molecule has 0 saturated carbocycles. The van der Waals surface area contributed by atoms with Crippen molar-refractivity contribution in [3.05, 3.63) is 0 Å². The molecule has 0 saturated heterocycles. The van der Waals surface area contributed by atoms with Crippen LogP contribution in [-0.2, 0) is 9.53 Å². The van der Waals surface area contributed by atoms with Crippen LogP contribution in [0.3, 0.4) is 0 Å². The lowest BCUT2D eigenvalue weighted by Gasteiger charge is -2.08. The Balaban J connectivity index is 2.96. The zero-order chi connectivity index (χ0) is 10.8. The van der Waals surface area contributed by atoms with E-state index >= 15 is 0 Å². The van der Waals surface area contributed by atoms with Gasteiger partial charge in [0.15, 0.2) is 0 Å². The lowest BCUT2D eigenvalue weighted by atomic mass is 10.2. The van der Waals surface area contributed by atoms with Crippen molar-refractivity contribution in [2.24, 2.45) is 5.73 Å². The Bertz CT molecular complexity index is 149. The first kappa shape index (κ1) is 13.4. The number of ether oxygens (including phenoxy) is 1. The summed E-state index contributed by atoms with van der Waals surface area (Å²) in [7, 11) is 0. The number of nitrogens with one attached hydrogen (secondary N) is 1. The third-order valence-electron chi connectivity index (χ3n) is 1.76. The Labute approximate surface area is 86.2 Å². The van der Waals surface area contributed by atoms with Crippen LogP contribution in [0.15, 0.2) is 0 Å². The van der Waals surface area contributed by atoms with Gasteiger partial charge in [0.1, 0.15) is 0 Å². The lowest BCUT2D eigenvalue weighted by Crippen LogP contribution is -2.22. The van der Waals surface area contributed by atoms with Gasteiger partial charge in [0.2, 0.25) is 5.91 Å². The van der Waals surface area contributed by atoms with Crippen LogP contribution in [0.5, 0.6) is 0 Å². The highest BCUT2D eigenvalue weighted by molar-refractivity contribution is 5.73. The molecular formula is C10H22N2O2. The van der Waals surface area contributed by atoms with Gasteiger partial charge >= 0.3 is 0 Å². The average Bonchev–Trinajstić information content (AvgIpc) is 2.08. The zero-order valence-electron chi connectivity index (χ0n) is 9.21. The molecule has 0 fully saturated rings. The molecule has 0 spiro atoms. The predicted octanol–water partition coefficient (Wildman–Crippen LogP) is 0.657. The number of unbranched alkanes of at least 4 members (excludes halogenated alkanes) is 1. The number of amides is 1. The molecule has 4 heteroatoms. The fourth-order valence-corrected chi connectivity index (χ4v) is 1.04. The zero-order valence-corrected chi connectivity index (χ0v) is 9.21. The molecule has 0 atom stereocenters. The van der Waals surface area contributed by atoms with Crippen LogP contribution in [0, 0.1) is 0 Å². The highest BCUT2D eigenvalue weighted by atomic mass is 16.5. The second-order valence-corrected chi connectivity index (χ2v) is 3.59. The molecule has 0 heterocycles. The Hall–Kier alpha value is -0.610. The highest BCUT2D eigenvalue weighted by Gasteiger charge is 1.95. The van der Waals surface area contributed by atoms with E-state index in [0.717, 1.165) is 32.5 Å². The Morgan fingerprint density at radius 1 is 1.36 bits per heavy atom. The maximum absolute atomic E-state index is 10.4. The first-order chi connectivity index (χ1) is 6.63. The van der Waals surface area contributed by atoms with Crippen LogP contribution < -0.4 is 11.1 Å². The van der Waals surface area contributed by atoms with Gasteiger partial charge in [-0.1, -0.05) is 0 Å². The minimum atomic E-state index is -0.215. The van der Waals surface area contributed by atoms with Gasteiger partial charge < -0.3 is 15.8 Å². The van der Waals surface area contributed by atoms with Gasteiger partial charge in [0.25, 0.3) is 0 Å². The van der Waals surface area contributed by atoms with Crippen molar-refractivity contribution in [1.82, 2.24) is 5.32 Å². The normalized spacial score (nSPS) is 10.8. The van der Waals surface area contributed by atoms with Gasteiger partial charge in [-0.2, -0.15) is 0 Å². The van der Waals surface area contributed by atoms with Crippen molar-refractivity contribution in [2.45, 2.75) is 39.2 Å². The fourth-order valence-electron chi connectivity index (χ4n) is 1.04. The van der Waals surface area contributed by atoms with E-state index in [0.29, 0.717) is 12.5 Å². The Kier molecular flexibility index (Phi) is 8.57. The van der Waals surface area contributed by atoms with Gasteiger partial charge in [-0.15, -0.1) is 0 Å². The molecule has 14 heavy (non-hydrogen) atoms. The summed E-state index contributed by atoms with van der Waals surface area (Å²) in [5.41, 5.74) is 5.01. The van der Waals surface area contributed by atoms with E-state index in [4.69, 9.17) is 10.5 Å². The molecular weight excluding hydrogens is 180 g/mol. The van der Waals surface area contributed by atoms with Crippen LogP contribution in [0.4, 0.5) is 0 Å². The van der Waals surface area contributed by atoms with Crippen molar-refractivity contribution >= 4 is 5.91 Å². The van der Waals surface area contributed by atoms with Gasteiger partial charge in [0, 0.05) is 13.0 Å². The van der Waals surface area contributed by atoms with Crippen LogP contribution >= 0.6 is 0 Å². The molecule has 0 aromatic rings. The van der Waals surface area contributed by atoms with Gasteiger partial charge in [-0.3, -0.25) is 4.79 Å². The fraction of sp³-hybridized carbons (Fsp3) is 0.900. The molecule has 84 valence electrons.